The normalized spacial score (nSPS) is 25.6. The van der Waals surface area contributed by atoms with Crippen molar-refractivity contribution in [3.63, 3.8) is 0 Å². The summed E-state index contributed by atoms with van der Waals surface area (Å²) in [6.45, 7) is 3.51. The lowest BCUT2D eigenvalue weighted by molar-refractivity contribution is -0.144. The van der Waals surface area contributed by atoms with Gasteiger partial charge in [-0.25, -0.2) is 29.3 Å². The third-order valence-corrected chi connectivity index (χ3v) is 11.8. The number of piperidine rings is 1. The number of carbonyl (C=O) groups excluding carboxylic acids is 1. The van der Waals surface area contributed by atoms with Gasteiger partial charge in [-0.2, -0.15) is 8.78 Å². The Labute approximate surface area is 304 Å². The number of amides is 1. The molecule has 2 saturated carbocycles. The summed E-state index contributed by atoms with van der Waals surface area (Å²) >= 11 is 0. The number of rotatable bonds is 8. The van der Waals surface area contributed by atoms with Crippen LogP contribution in [0.25, 0.3) is 0 Å². The van der Waals surface area contributed by atoms with Crippen LogP contribution in [0.5, 0.6) is 5.88 Å². The summed E-state index contributed by atoms with van der Waals surface area (Å²) in [6.07, 6.45) is 11.1. The topological polar surface area (TPSA) is 156 Å². The molecule has 2 unspecified atom stereocenters. The molecule has 4 fully saturated rings. The summed E-state index contributed by atoms with van der Waals surface area (Å²) in [4.78, 5) is 50.6. The summed E-state index contributed by atoms with van der Waals surface area (Å²) < 4.78 is 55.9. The minimum absolute atomic E-state index is 0.0560. The molecule has 2 aliphatic carbocycles. The summed E-state index contributed by atoms with van der Waals surface area (Å²) in [7, 11) is 0. The first-order valence-electron chi connectivity index (χ1n) is 18.5. The van der Waals surface area contributed by atoms with Crippen molar-refractivity contribution in [2.24, 2.45) is 17.8 Å². The number of nitrogens with zero attached hydrogens (tertiary/aromatic N) is 7. The van der Waals surface area contributed by atoms with Gasteiger partial charge in [0.2, 0.25) is 17.8 Å². The number of nitrogens with one attached hydrogen (secondary N) is 1. The molecule has 3 aromatic rings. The van der Waals surface area contributed by atoms with Gasteiger partial charge in [0.25, 0.3) is 11.8 Å². The molecule has 0 aromatic carbocycles. The second kappa shape index (κ2) is 14.0. The molecule has 3 aromatic heterocycles. The smallest absolute Gasteiger partial charge is 0.306 e. The zero-order valence-corrected chi connectivity index (χ0v) is 29.5. The number of alkyl halides is 2. The highest BCUT2D eigenvalue weighted by Gasteiger charge is 2.47. The maximum Gasteiger partial charge on any atom is 0.306 e. The van der Waals surface area contributed by atoms with E-state index in [0.29, 0.717) is 102 Å². The Morgan fingerprint density at radius 2 is 1.64 bits per heavy atom. The number of pyridine rings is 1. The molecule has 5 aliphatic rings. The Balaban J connectivity index is 1.00. The molecule has 0 radical (unpaired) electrons. The molecular weight excluding hydrogens is 693 g/mol. The predicted molar refractivity (Wildman–Crippen MR) is 185 cm³/mol. The first-order valence-corrected chi connectivity index (χ1v) is 18.5. The van der Waals surface area contributed by atoms with E-state index in [2.05, 4.69) is 30.2 Å². The zero-order chi connectivity index (χ0) is 36.9. The number of anilines is 3. The van der Waals surface area contributed by atoms with Crippen LogP contribution in [-0.4, -0.2) is 86.9 Å². The van der Waals surface area contributed by atoms with E-state index in [1.165, 1.54) is 6.20 Å². The SMILES string of the molecule is CC(F)(F)c1nc(N2CC3(CCOCC3)c3cc(OC4CCN(c5ncc(F)cn5)CC4)ncc32)ncc1C(=O)NC1CC2CC(C1)CC(C(=O)O)C2. The fourth-order valence-corrected chi connectivity index (χ4v) is 9.22. The van der Waals surface area contributed by atoms with Gasteiger partial charge in [-0.3, -0.25) is 9.59 Å². The number of halogens is 3. The third-order valence-electron chi connectivity index (χ3n) is 11.8. The number of carbonyl (C=O) groups is 2. The average Bonchev–Trinajstić information content (AvgIpc) is 3.43. The predicted octanol–water partition coefficient (Wildman–Crippen LogP) is 5.17. The summed E-state index contributed by atoms with van der Waals surface area (Å²) in [5.41, 5.74) is 0.358. The number of fused-ring (bicyclic) bond motifs is 4. The van der Waals surface area contributed by atoms with E-state index in [1.807, 2.05) is 11.0 Å². The highest BCUT2D eigenvalue weighted by atomic mass is 19.3. The van der Waals surface area contributed by atoms with E-state index in [9.17, 15) is 19.1 Å². The highest BCUT2D eigenvalue weighted by Crippen LogP contribution is 2.50. The van der Waals surface area contributed by atoms with Crippen LogP contribution >= 0.6 is 0 Å². The molecule has 6 heterocycles. The fourth-order valence-electron chi connectivity index (χ4n) is 9.22. The number of carboxylic acids is 1. The Morgan fingerprint density at radius 1 is 0.962 bits per heavy atom. The lowest BCUT2D eigenvalue weighted by atomic mass is 9.66. The van der Waals surface area contributed by atoms with Gasteiger partial charge in [-0.1, -0.05) is 0 Å². The molecule has 2 atom stereocenters. The zero-order valence-electron chi connectivity index (χ0n) is 29.5. The van der Waals surface area contributed by atoms with Gasteiger partial charge < -0.3 is 29.7 Å². The van der Waals surface area contributed by atoms with Crippen molar-refractivity contribution in [1.29, 1.82) is 0 Å². The number of aliphatic carboxylic acids is 1. The van der Waals surface area contributed by atoms with Crippen LogP contribution in [0.3, 0.4) is 0 Å². The molecule has 2 saturated heterocycles. The molecule has 13 nitrogen and oxygen atoms in total. The second-order valence-electron chi connectivity index (χ2n) is 15.5. The van der Waals surface area contributed by atoms with Crippen LogP contribution in [0.1, 0.15) is 86.3 Å². The number of hydrogen-bond acceptors (Lipinski definition) is 11. The molecule has 1 amide bonds. The third kappa shape index (κ3) is 7.21. The monoisotopic (exact) mass is 736 g/mol. The average molecular weight is 737 g/mol. The number of aromatic nitrogens is 5. The summed E-state index contributed by atoms with van der Waals surface area (Å²) in [5.74, 6) is -4.40. The highest BCUT2D eigenvalue weighted by molar-refractivity contribution is 5.95. The van der Waals surface area contributed by atoms with Crippen molar-refractivity contribution in [3.05, 3.63) is 53.5 Å². The molecule has 53 heavy (non-hydrogen) atoms. The molecule has 3 aliphatic heterocycles. The first-order chi connectivity index (χ1) is 25.4. The summed E-state index contributed by atoms with van der Waals surface area (Å²) in [5, 5.41) is 12.5. The van der Waals surface area contributed by atoms with E-state index in [4.69, 9.17) is 9.47 Å². The molecule has 2 N–H and O–H groups in total. The van der Waals surface area contributed by atoms with Gasteiger partial charge in [0.1, 0.15) is 11.8 Å². The quantitative estimate of drug-likeness (QED) is 0.314. The van der Waals surface area contributed by atoms with Gasteiger partial charge in [0.15, 0.2) is 5.82 Å². The van der Waals surface area contributed by atoms with Gasteiger partial charge >= 0.3 is 5.97 Å². The molecule has 282 valence electrons. The van der Waals surface area contributed by atoms with Crippen LogP contribution in [0, 0.1) is 23.6 Å². The number of ether oxygens (including phenoxy) is 2. The van der Waals surface area contributed by atoms with Gasteiger partial charge in [-0.05, 0) is 62.3 Å². The lowest BCUT2D eigenvalue weighted by Gasteiger charge is -2.41. The Kier molecular flexibility index (Phi) is 9.35. The van der Waals surface area contributed by atoms with Crippen molar-refractivity contribution >= 4 is 29.5 Å². The van der Waals surface area contributed by atoms with Crippen LogP contribution in [-0.2, 0) is 20.9 Å². The standard InChI is InChI=1S/C37H43F3N8O5/c1-36(39,40)31-27(32(49)45-25-13-21-10-22(14-25)12-23(11-21)33(50)51)18-44-35(46-31)48-20-37(4-8-52-9-5-37)28-15-30(41-19-29(28)48)53-26-2-6-47(7-3-26)34-42-16-24(38)17-43-34/h15-19,21-23,25-26H,2-14,20H2,1H3,(H,45,49)(H,50,51). The Hall–Kier alpha value is -4.60. The van der Waals surface area contributed by atoms with Crippen LogP contribution in [0.2, 0.25) is 0 Å². The lowest BCUT2D eigenvalue weighted by Crippen LogP contribution is -2.44. The molecule has 2 bridgehead atoms. The van der Waals surface area contributed by atoms with Crippen molar-refractivity contribution in [2.45, 2.75) is 88.2 Å². The van der Waals surface area contributed by atoms with Crippen molar-refractivity contribution in [2.75, 3.05) is 42.6 Å². The van der Waals surface area contributed by atoms with Gasteiger partial charge in [0, 0.05) is 76.3 Å². The van der Waals surface area contributed by atoms with Crippen molar-refractivity contribution in [3.8, 4) is 5.88 Å². The first kappa shape index (κ1) is 35.4. The largest absolute Gasteiger partial charge is 0.481 e. The minimum atomic E-state index is -3.44. The van der Waals surface area contributed by atoms with Crippen LogP contribution in [0.4, 0.5) is 30.8 Å². The molecule has 1 spiro atoms. The van der Waals surface area contributed by atoms with E-state index in [-0.39, 0.29) is 46.8 Å². The van der Waals surface area contributed by atoms with E-state index in [1.54, 1.807) is 11.1 Å². The number of carboxylic acid groups (broad SMARTS) is 1. The minimum Gasteiger partial charge on any atom is -0.481 e. The van der Waals surface area contributed by atoms with Crippen LogP contribution in [0.15, 0.2) is 30.9 Å². The Morgan fingerprint density at radius 3 is 2.30 bits per heavy atom. The molecular formula is C37H43F3N8O5. The second-order valence-corrected chi connectivity index (χ2v) is 15.5. The van der Waals surface area contributed by atoms with E-state index < -0.39 is 29.3 Å². The van der Waals surface area contributed by atoms with Crippen LogP contribution < -0.4 is 19.9 Å². The fraction of sp³-hybridized carbons (Fsp3) is 0.595. The maximum absolute atomic E-state index is 15.3. The Bertz CT molecular complexity index is 1830. The summed E-state index contributed by atoms with van der Waals surface area (Å²) in [6, 6.07) is 1.70. The van der Waals surface area contributed by atoms with E-state index in [0.717, 1.165) is 31.3 Å². The van der Waals surface area contributed by atoms with E-state index >= 15 is 8.78 Å². The molecule has 8 rings (SSSR count). The maximum atomic E-state index is 15.3. The van der Waals surface area contributed by atoms with Gasteiger partial charge in [-0.15, -0.1) is 0 Å². The van der Waals surface area contributed by atoms with Crippen molar-refractivity contribution < 1.29 is 37.3 Å². The molecule has 16 heteroatoms. The van der Waals surface area contributed by atoms with Crippen molar-refractivity contribution in [1.82, 2.24) is 30.2 Å². The van der Waals surface area contributed by atoms with Gasteiger partial charge in [0.05, 0.1) is 35.8 Å². The number of hydrogen-bond donors (Lipinski definition) is 2.